The van der Waals surface area contributed by atoms with Crippen LogP contribution in [-0.2, 0) is 0 Å². The van der Waals surface area contributed by atoms with Crippen molar-refractivity contribution in [2.75, 3.05) is 5.73 Å². The van der Waals surface area contributed by atoms with Crippen LogP contribution in [-0.4, -0.2) is 0 Å². The van der Waals surface area contributed by atoms with Crippen LogP contribution in [0.5, 0.6) is 0 Å². The highest BCUT2D eigenvalue weighted by Crippen LogP contribution is 1.96. The summed E-state index contributed by atoms with van der Waals surface area (Å²) in [6, 6.07) is 19.4. The van der Waals surface area contributed by atoms with E-state index in [-0.39, 0.29) is 24.8 Å². The molecule has 0 radical (unpaired) electrons. The van der Waals surface area contributed by atoms with Gasteiger partial charge in [-0.05, 0) is 24.3 Å². The van der Waals surface area contributed by atoms with Gasteiger partial charge in [0.25, 0.3) is 0 Å². The second kappa shape index (κ2) is 10.3. The van der Waals surface area contributed by atoms with Crippen LogP contribution >= 0.6 is 12.4 Å². The Kier molecular flexibility index (Phi) is 11.1. The number of benzene rings is 2. The van der Waals surface area contributed by atoms with Gasteiger partial charge in [0.2, 0.25) is 0 Å². The lowest BCUT2D eigenvalue weighted by atomic mass is 10.3. The maximum absolute atomic E-state index is 5.36. The molecule has 4 heteroatoms. The highest BCUT2D eigenvalue weighted by atomic mass is 35.5. The Labute approximate surface area is 108 Å². The minimum absolute atomic E-state index is 0. The maximum atomic E-state index is 5.36. The third-order valence-electron chi connectivity index (χ3n) is 1.64. The zero-order valence-electron chi connectivity index (χ0n) is 8.84. The van der Waals surface area contributed by atoms with Crippen LogP contribution in [0.4, 0.5) is 11.4 Å². The third-order valence-corrected chi connectivity index (χ3v) is 1.64. The quantitative estimate of drug-likeness (QED) is 0.601. The molecule has 0 aromatic heterocycles. The lowest BCUT2D eigenvalue weighted by Gasteiger charge is -1.83. The van der Waals surface area contributed by atoms with E-state index in [0.717, 1.165) is 11.4 Å². The van der Waals surface area contributed by atoms with Gasteiger partial charge in [-0.1, -0.05) is 36.4 Å². The van der Waals surface area contributed by atoms with Gasteiger partial charge in [0.15, 0.2) is 0 Å². The molecule has 0 saturated heterocycles. The monoisotopic (exact) mass is 258 g/mol. The number of quaternary nitrogens is 1. The summed E-state index contributed by atoms with van der Waals surface area (Å²) in [5, 5.41) is 0. The molecule has 0 aliphatic rings. The molecule has 0 atom stereocenters. The van der Waals surface area contributed by atoms with E-state index >= 15 is 0 Å². The van der Waals surface area contributed by atoms with Gasteiger partial charge in [-0.3, -0.25) is 0 Å². The number of para-hydroxylation sites is 1. The Morgan fingerprint density at radius 3 is 1.31 bits per heavy atom. The molecule has 88 valence electrons. The summed E-state index contributed by atoms with van der Waals surface area (Å²) in [7, 11) is 0. The van der Waals surface area contributed by atoms with Crippen LogP contribution < -0.4 is 23.9 Å². The molecule has 2 aromatic carbocycles. The van der Waals surface area contributed by atoms with Crippen LogP contribution in [0.15, 0.2) is 60.7 Å². The Balaban J connectivity index is 0. The normalized spacial score (nSPS) is 7.56. The van der Waals surface area contributed by atoms with Crippen molar-refractivity contribution in [1.82, 2.24) is 0 Å². The molecule has 2 nitrogen and oxygen atoms in total. The summed E-state index contributed by atoms with van der Waals surface area (Å²) in [4.78, 5) is 0. The Morgan fingerprint density at radius 1 is 0.750 bits per heavy atom. The van der Waals surface area contributed by atoms with Crippen molar-refractivity contribution in [3.05, 3.63) is 60.7 Å². The van der Waals surface area contributed by atoms with Gasteiger partial charge in [-0.25, -0.2) is 0 Å². The first-order valence-electron chi connectivity index (χ1n) is 4.46. The third kappa shape index (κ3) is 8.12. The van der Waals surface area contributed by atoms with Crippen LogP contribution in [0.1, 0.15) is 0 Å². The summed E-state index contributed by atoms with van der Waals surface area (Å²) >= 11 is 0. The van der Waals surface area contributed by atoms with Crippen molar-refractivity contribution in [3.8, 4) is 0 Å². The number of nitrogen functional groups attached to an aromatic ring is 1. The average Bonchev–Trinajstić information content (AvgIpc) is 2.21. The lowest BCUT2D eigenvalue weighted by molar-refractivity contribution is -0.254. The fraction of sp³-hybridized carbons (Fsp3) is 0. The summed E-state index contributed by atoms with van der Waals surface area (Å²) < 4.78 is 0. The molecule has 0 saturated carbocycles. The van der Waals surface area contributed by atoms with Crippen molar-refractivity contribution >= 4 is 23.8 Å². The van der Waals surface area contributed by atoms with E-state index in [1.54, 1.807) is 0 Å². The van der Waals surface area contributed by atoms with Gasteiger partial charge in [0.1, 0.15) is 5.69 Å². The van der Waals surface area contributed by atoms with Crippen LogP contribution in [0, 0.1) is 0 Å². The summed E-state index contributed by atoms with van der Waals surface area (Å²) in [6.07, 6.45) is 0. The van der Waals surface area contributed by atoms with E-state index in [0.29, 0.717) is 0 Å². The summed E-state index contributed by atoms with van der Waals surface area (Å²) in [6.45, 7) is 0. The molecule has 5 N–H and O–H groups in total. The largest absolute Gasteiger partial charge is 1.00 e. The average molecular weight is 259 g/mol. The van der Waals surface area contributed by atoms with E-state index < -0.39 is 0 Å². The number of rotatable bonds is 0. The van der Waals surface area contributed by atoms with E-state index in [1.807, 2.05) is 60.7 Å². The Morgan fingerprint density at radius 2 is 1.12 bits per heavy atom. The van der Waals surface area contributed by atoms with Crippen LogP contribution in [0.25, 0.3) is 0 Å². The van der Waals surface area contributed by atoms with Crippen LogP contribution in [0.3, 0.4) is 0 Å². The van der Waals surface area contributed by atoms with Gasteiger partial charge in [-0.2, -0.15) is 0 Å². The first-order chi connectivity index (χ1) is 6.79. The van der Waals surface area contributed by atoms with Crippen molar-refractivity contribution in [2.24, 2.45) is 0 Å². The number of halogens is 2. The minimum atomic E-state index is 0. The summed E-state index contributed by atoms with van der Waals surface area (Å²) in [5.74, 6) is 0. The lowest BCUT2D eigenvalue weighted by Crippen LogP contribution is -3.00. The van der Waals surface area contributed by atoms with Crippen molar-refractivity contribution < 1.29 is 18.1 Å². The molecule has 0 fully saturated rings. The molecule has 0 spiro atoms. The molecule has 2 aromatic rings. The number of anilines is 1. The molecule has 0 unspecified atom stereocenters. The van der Waals surface area contributed by atoms with Gasteiger partial charge in [-0.15, -0.1) is 12.4 Å². The Hall–Kier alpha value is -1.22. The zero-order valence-corrected chi connectivity index (χ0v) is 10.4. The topological polar surface area (TPSA) is 53.7 Å². The fourth-order valence-electron chi connectivity index (χ4n) is 0.931. The predicted molar refractivity (Wildman–Crippen MR) is 67.1 cm³/mol. The second-order valence-corrected chi connectivity index (χ2v) is 2.90. The minimum Gasteiger partial charge on any atom is -1.00 e. The van der Waals surface area contributed by atoms with Crippen LogP contribution in [0.2, 0.25) is 0 Å². The molecule has 2 rings (SSSR count). The molecule has 0 heterocycles. The standard InChI is InChI=1S/2C6H7N.2ClH/c2*7-6-4-2-1-3-5-6;;/h2*1-5H,7H2;2*1H. The maximum Gasteiger partial charge on any atom is 0.127 e. The van der Waals surface area contributed by atoms with Crippen molar-refractivity contribution in [3.63, 3.8) is 0 Å². The SMILES string of the molecule is Cl.Nc1ccccc1.[Cl-].[NH3+]c1ccccc1. The molecule has 0 amide bonds. The van der Waals surface area contributed by atoms with Gasteiger partial charge in [0, 0.05) is 5.69 Å². The first kappa shape index (κ1) is 17.2. The van der Waals surface area contributed by atoms with E-state index in [9.17, 15) is 0 Å². The smallest absolute Gasteiger partial charge is 0.127 e. The highest BCUT2D eigenvalue weighted by Gasteiger charge is 1.77. The molecule has 16 heavy (non-hydrogen) atoms. The Bertz CT molecular complexity index is 314. The number of nitrogens with two attached hydrogens (primary N) is 1. The predicted octanol–water partition coefficient (Wildman–Crippen LogP) is -0.745. The molecular weight excluding hydrogens is 243 g/mol. The number of hydrogen-bond donors (Lipinski definition) is 2. The van der Waals surface area contributed by atoms with Gasteiger partial charge >= 0.3 is 0 Å². The summed E-state index contributed by atoms with van der Waals surface area (Å²) in [5.41, 5.74) is 11.0. The fourth-order valence-corrected chi connectivity index (χ4v) is 0.931. The molecule has 0 bridgehead atoms. The van der Waals surface area contributed by atoms with E-state index in [4.69, 9.17) is 5.73 Å². The van der Waals surface area contributed by atoms with Crippen molar-refractivity contribution in [2.45, 2.75) is 0 Å². The van der Waals surface area contributed by atoms with Crippen molar-refractivity contribution in [1.29, 1.82) is 0 Å². The second-order valence-electron chi connectivity index (χ2n) is 2.90. The zero-order chi connectivity index (χ0) is 10.2. The highest BCUT2D eigenvalue weighted by molar-refractivity contribution is 5.85. The first-order valence-corrected chi connectivity index (χ1v) is 4.46. The molecular formula is C12H16Cl2N2. The number of hydrogen-bond acceptors (Lipinski definition) is 1. The molecule has 0 aliphatic heterocycles. The van der Waals surface area contributed by atoms with E-state index in [1.165, 1.54) is 0 Å². The van der Waals surface area contributed by atoms with Gasteiger partial charge < -0.3 is 23.9 Å². The van der Waals surface area contributed by atoms with E-state index in [2.05, 4.69) is 5.73 Å². The van der Waals surface area contributed by atoms with Gasteiger partial charge in [0.05, 0.1) is 0 Å². The molecule has 0 aliphatic carbocycles.